The Kier molecular flexibility index (Phi) is 6.46. The summed E-state index contributed by atoms with van der Waals surface area (Å²) in [5.41, 5.74) is 6.81. The average Bonchev–Trinajstić information content (AvgIpc) is 2.13. The van der Waals surface area contributed by atoms with Crippen LogP contribution in [0.2, 0.25) is 0 Å². The lowest BCUT2D eigenvalue weighted by molar-refractivity contribution is 0.164. The van der Waals surface area contributed by atoms with Crippen LogP contribution in [-0.2, 0) is 13.8 Å². The highest BCUT2D eigenvalue weighted by Gasteiger charge is 2.19. The summed E-state index contributed by atoms with van der Waals surface area (Å²) in [7, 11) is 0. The number of terminal acetylenes is 1. The van der Waals surface area contributed by atoms with Crippen molar-refractivity contribution in [3.8, 4) is 12.1 Å². The number of ether oxygens (including phenoxy) is 1. The Balaban J connectivity index is 3.80. The Labute approximate surface area is 86.9 Å². The molecule has 0 aliphatic carbocycles. The molecule has 0 aliphatic rings. The quantitative estimate of drug-likeness (QED) is 0.431. The summed E-state index contributed by atoms with van der Waals surface area (Å²) in [6, 6.07) is 0. The summed E-state index contributed by atoms with van der Waals surface area (Å²) in [6.45, 7) is -0.998. The van der Waals surface area contributed by atoms with Gasteiger partial charge in [0.15, 0.2) is 0 Å². The topological polar surface area (TPSA) is 78.6 Å². The van der Waals surface area contributed by atoms with Crippen molar-refractivity contribution in [2.75, 3.05) is 19.0 Å². The Morgan fingerprint density at radius 1 is 1.71 bits per heavy atom. The van der Waals surface area contributed by atoms with Crippen LogP contribution in [0.3, 0.4) is 0 Å². The van der Waals surface area contributed by atoms with E-state index in [1.165, 1.54) is 0 Å². The van der Waals surface area contributed by atoms with Crippen LogP contribution in [-0.4, -0.2) is 25.1 Å². The Morgan fingerprint density at radius 2 is 2.36 bits per heavy atom. The van der Waals surface area contributed by atoms with E-state index >= 15 is 0 Å². The molecule has 0 aromatic carbocycles. The monoisotopic (exact) mass is 237 g/mol. The minimum Gasteiger partial charge on any atom is -0.449 e. The summed E-state index contributed by atoms with van der Waals surface area (Å²) >= 11 is 0.955. The van der Waals surface area contributed by atoms with Crippen molar-refractivity contribution in [1.82, 2.24) is 0 Å². The second-order valence-corrected chi connectivity index (χ2v) is 6.44. The maximum Gasteiger partial charge on any atom is 0.404 e. The first-order chi connectivity index (χ1) is 6.54. The third-order valence-electron chi connectivity index (χ3n) is 1.05. The van der Waals surface area contributed by atoms with Gasteiger partial charge in [0.1, 0.15) is 6.61 Å². The van der Waals surface area contributed by atoms with Gasteiger partial charge >= 0.3 is 12.7 Å². The number of nitrogens with two attached hydrogens (primary N) is 1. The van der Waals surface area contributed by atoms with Gasteiger partial charge in [-0.2, -0.15) is 0 Å². The van der Waals surface area contributed by atoms with Gasteiger partial charge in [0.05, 0.1) is 6.61 Å². The lowest BCUT2D eigenvalue weighted by Crippen LogP contribution is -2.14. The molecule has 0 saturated heterocycles. The molecule has 80 valence electrons. The number of amides is 1. The molecule has 0 spiro atoms. The van der Waals surface area contributed by atoms with Crippen LogP contribution >= 0.6 is 18.0 Å². The minimum atomic E-state index is -3.05. The van der Waals surface area contributed by atoms with Crippen LogP contribution in [0.1, 0.15) is 6.92 Å². The van der Waals surface area contributed by atoms with Gasteiger partial charge in [-0.15, -0.1) is 6.42 Å². The van der Waals surface area contributed by atoms with Crippen molar-refractivity contribution < 1.29 is 18.6 Å². The second kappa shape index (κ2) is 6.77. The predicted octanol–water partition coefficient (Wildman–Crippen LogP) is 1.64. The van der Waals surface area contributed by atoms with Gasteiger partial charge in [-0.3, -0.25) is 4.57 Å². The first-order valence-electron chi connectivity index (χ1n) is 3.83. The van der Waals surface area contributed by atoms with E-state index in [0.717, 1.165) is 11.4 Å². The van der Waals surface area contributed by atoms with Crippen LogP contribution < -0.4 is 5.73 Å². The van der Waals surface area contributed by atoms with Gasteiger partial charge in [0.2, 0.25) is 0 Å². The first kappa shape index (κ1) is 13.4. The van der Waals surface area contributed by atoms with E-state index in [1.54, 1.807) is 6.92 Å². The third kappa shape index (κ3) is 5.92. The molecule has 1 unspecified atom stereocenters. The molecular weight excluding hydrogens is 225 g/mol. The predicted molar refractivity (Wildman–Crippen MR) is 56.1 cm³/mol. The van der Waals surface area contributed by atoms with Gasteiger partial charge in [0.25, 0.3) is 0 Å². The molecular formula is C7H12NO4PS. The van der Waals surface area contributed by atoms with E-state index < -0.39 is 12.7 Å². The zero-order valence-electron chi connectivity index (χ0n) is 7.76. The molecule has 0 saturated carbocycles. The largest absolute Gasteiger partial charge is 0.449 e. The van der Waals surface area contributed by atoms with Crippen LogP contribution in [0.5, 0.6) is 0 Å². The molecule has 0 rings (SSSR count). The SMILES string of the molecule is C#CP(=O)(OCC)SCCOC(N)=O. The van der Waals surface area contributed by atoms with Gasteiger partial charge in [-0.25, -0.2) is 4.79 Å². The van der Waals surface area contributed by atoms with Crippen LogP contribution in [0, 0.1) is 12.1 Å². The molecule has 7 heteroatoms. The second-order valence-electron chi connectivity index (χ2n) is 2.05. The van der Waals surface area contributed by atoms with Crippen molar-refractivity contribution >= 4 is 24.0 Å². The normalized spacial score (nSPS) is 14.0. The standard InChI is InChI=1S/C7H12NO4PS/c1-3-12-13(10,4-2)14-6-5-11-7(8)9/h2H,3,5-6H2,1H3,(H2,8,9). The van der Waals surface area contributed by atoms with E-state index in [2.05, 4.69) is 10.4 Å². The highest BCUT2D eigenvalue weighted by atomic mass is 32.7. The Hall–Kier alpha value is -0.630. The van der Waals surface area contributed by atoms with Gasteiger partial charge in [-0.05, 0) is 12.6 Å². The maximum atomic E-state index is 11.6. The van der Waals surface area contributed by atoms with Gasteiger partial charge in [0, 0.05) is 5.75 Å². The van der Waals surface area contributed by atoms with Crippen molar-refractivity contribution in [3.05, 3.63) is 0 Å². The molecule has 0 aromatic rings. The summed E-state index contributed by atoms with van der Waals surface area (Å²) in [5, 5.41) is 0. The van der Waals surface area contributed by atoms with E-state index in [0.29, 0.717) is 5.75 Å². The van der Waals surface area contributed by atoms with Gasteiger partial charge in [-0.1, -0.05) is 11.4 Å². The number of hydrogen-bond acceptors (Lipinski definition) is 5. The average molecular weight is 237 g/mol. The molecule has 1 amide bonds. The van der Waals surface area contributed by atoms with Crippen molar-refractivity contribution in [3.63, 3.8) is 0 Å². The molecule has 2 N–H and O–H groups in total. The molecule has 0 aromatic heterocycles. The van der Waals surface area contributed by atoms with Crippen molar-refractivity contribution in [2.24, 2.45) is 5.73 Å². The number of carbonyl (C=O) groups excluding carboxylic acids is 1. The van der Waals surface area contributed by atoms with Crippen molar-refractivity contribution in [1.29, 1.82) is 0 Å². The Bertz CT molecular complexity index is 275. The zero-order valence-corrected chi connectivity index (χ0v) is 9.48. The lowest BCUT2D eigenvalue weighted by Gasteiger charge is -2.09. The van der Waals surface area contributed by atoms with E-state index in [4.69, 9.17) is 16.7 Å². The number of primary amides is 1. The Morgan fingerprint density at radius 3 is 2.79 bits per heavy atom. The molecule has 1 atom stereocenters. The first-order valence-corrected chi connectivity index (χ1v) is 7.05. The summed E-state index contributed by atoms with van der Waals surface area (Å²) < 4.78 is 20.9. The highest BCUT2D eigenvalue weighted by Crippen LogP contribution is 2.58. The van der Waals surface area contributed by atoms with Crippen LogP contribution in [0.15, 0.2) is 0 Å². The molecule has 5 nitrogen and oxygen atoms in total. The minimum absolute atomic E-state index is 0.0682. The molecule has 0 fully saturated rings. The van der Waals surface area contributed by atoms with E-state index in [9.17, 15) is 9.36 Å². The zero-order chi connectivity index (χ0) is 11.0. The lowest BCUT2D eigenvalue weighted by atomic mass is 10.9. The fraction of sp³-hybridized carbons (Fsp3) is 0.571. The number of hydrogen-bond donors (Lipinski definition) is 1. The third-order valence-corrected chi connectivity index (χ3v) is 4.85. The molecule has 0 radical (unpaired) electrons. The number of carbonyl (C=O) groups is 1. The molecule has 14 heavy (non-hydrogen) atoms. The highest BCUT2D eigenvalue weighted by molar-refractivity contribution is 8.58. The van der Waals surface area contributed by atoms with Crippen LogP contribution in [0.25, 0.3) is 0 Å². The molecule has 0 heterocycles. The smallest absolute Gasteiger partial charge is 0.404 e. The van der Waals surface area contributed by atoms with E-state index in [1.807, 2.05) is 0 Å². The number of rotatable bonds is 6. The molecule has 0 bridgehead atoms. The van der Waals surface area contributed by atoms with Crippen LogP contribution in [0.4, 0.5) is 4.79 Å². The fourth-order valence-electron chi connectivity index (χ4n) is 0.581. The fourth-order valence-corrected chi connectivity index (χ4v) is 3.25. The van der Waals surface area contributed by atoms with Crippen molar-refractivity contribution in [2.45, 2.75) is 6.92 Å². The van der Waals surface area contributed by atoms with Gasteiger partial charge < -0.3 is 15.0 Å². The van der Waals surface area contributed by atoms with E-state index in [-0.39, 0.29) is 13.2 Å². The summed E-state index contributed by atoms with van der Waals surface area (Å²) in [5.74, 6) is 0.296. The molecule has 0 aliphatic heterocycles. The maximum absolute atomic E-state index is 11.6. The summed E-state index contributed by atoms with van der Waals surface area (Å²) in [4.78, 5) is 10.2. The summed E-state index contributed by atoms with van der Waals surface area (Å²) in [6.07, 6.45) is 4.18.